The Labute approximate surface area is 114 Å². The molecule has 3 rings (SSSR count). The summed E-state index contributed by atoms with van der Waals surface area (Å²) in [5.41, 5.74) is 2.09. The molecule has 7 nitrogen and oxygen atoms in total. The molecule has 1 amide bonds. The quantitative estimate of drug-likeness (QED) is 0.763. The topological polar surface area (TPSA) is 97.0 Å². The maximum absolute atomic E-state index is 12.1. The number of hydrogen-bond acceptors (Lipinski definition) is 5. The Hall–Kier alpha value is -2.83. The molecular formula is C13H12N4O3. The zero-order valence-electron chi connectivity index (χ0n) is 10.9. The lowest BCUT2D eigenvalue weighted by Gasteiger charge is -2.00. The van der Waals surface area contributed by atoms with Crippen molar-refractivity contribution in [3.05, 3.63) is 41.6 Å². The van der Waals surface area contributed by atoms with Gasteiger partial charge < -0.3 is 14.3 Å². The Morgan fingerprint density at radius 3 is 2.90 bits per heavy atom. The molecule has 3 heterocycles. The van der Waals surface area contributed by atoms with E-state index in [4.69, 9.17) is 8.94 Å². The van der Waals surface area contributed by atoms with Crippen LogP contribution in [-0.4, -0.2) is 21.3 Å². The second kappa shape index (κ2) is 4.69. The van der Waals surface area contributed by atoms with Crippen molar-refractivity contribution in [1.29, 1.82) is 0 Å². The molecule has 0 bridgehead atoms. The third-order valence-corrected chi connectivity index (χ3v) is 2.87. The van der Waals surface area contributed by atoms with Crippen molar-refractivity contribution in [2.24, 2.45) is 0 Å². The van der Waals surface area contributed by atoms with Crippen LogP contribution in [0, 0.1) is 13.8 Å². The number of rotatable bonds is 3. The van der Waals surface area contributed by atoms with Crippen molar-refractivity contribution in [1.82, 2.24) is 15.4 Å². The first-order valence-corrected chi connectivity index (χ1v) is 5.98. The highest BCUT2D eigenvalue weighted by Crippen LogP contribution is 2.21. The van der Waals surface area contributed by atoms with Gasteiger partial charge in [-0.15, -0.1) is 0 Å². The largest absolute Gasteiger partial charge is 0.463 e. The first kappa shape index (κ1) is 12.2. The van der Waals surface area contributed by atoms with Crippen molar-refractivity contribution in [2.45, 2.75) is 13.8 Å². The van der Waals surface area contributed by atoms with Gasteiger partial charge in [0.25, 0.3) is 5.91 Å². The minimum absolute atomic E-state index is 0.261. The summed E-state index contributed by atoms with van der Waals surface area (Å²) in [6.45, 7) is 3.49. The molecular weight excluding hydrogens is 260 g/mol. The highest BCUT2D eigenvalue weighted by Gasteiger charge is 2.17. The molecule has 0 fully saturated rings. The molecule has 0 aromatic carbocycles. The summed E-state index contributed by atoms with van der Waals surface area (Å²) in [4.78, 5) is 12.1. The number of carbonyl (C=O) groups excluding carboxylic acids is 1. The van der Waals surface area contributed by atoms with E-state index < -0.39 is 0 Å². The molecule has 2 N–H and O–H groups in total. The standard InChI is InChI=1S/C13H12N4O3/c1-7-12(8(2)20-17-7)14-13(18)10-6-9(15-16-10)11-4-3-5-19-11/h3-6H,1-2H3,(H,14,18)(H,15,16). The predicted molar refractivity (Wildman–Crippen MR) is 70.2 cm³/mol. The van der Waals surface area contributed by atoms with Crippen LogP contribution < -0.4 is 5.32 Å². The van der Waals surface area contributed by atoms with Crippen LogP contribution in [0.1, 0.15) is 21.9 Å². The first-order chi connectivity index (χ1) is 9.65. The minimum atomic E-state index is -0.339. The van der Waals surface area contributed by atoms with Gasteiger partial charge in [0.15, 0.2) is 17.2 Å². The fourth-order valence-electron chi connectivity index (χ4n) is 1.84. The van der Waals surface area contributed by atoms with Gasteiger partial charge in [-0.05, 0) is 26.0 Å². The van der Waals surface area contributed by atoms with Gasteiger partial charge in [-0.25, -0.2) is 0 Å². The molecule has 102 valence electrons. The molecule has 0 atom stereocenters. The predicted octanol–water partition coefficient (Wildman–Crippen LogP) is 2.53. The molecule has 0 radical (unpaired) electrons. The Morgan fingerprint density at radius 2 is 2.25 bits per heavy atom. The number of aromatic amines is 1. The Kier molecular flexibility index (Phi) is 2.86. The monoisotopic (exact) mass is 272 g/mol. The molecule has 0 saturated carbocycles. The van der Waals surface area contributed by atoms with E-state index in [2.05, 4.69) is 20.7 Å². The van der Waals surface area contributed by atoms with E-state index >= 15 is 0 Å². The number of nitrogens with one attached hydrogen (secondary N) is 2. The summed E-state index contributed by atoms with van der Waals surface area (Å²) in [6, 6.07) is 5.16. The fourth-order valence-corrected chi connectivity index (χ4v) is 1.84. The number of anilines is 1. The summed E-state index contributed by atoms with van der Waals surface area (Å²) >= 11 is 0. The summed E-state index contributed by atoms with van der Waals surface area (Å²) in [5.74, 6) is 0.833. The molecule has 3 aromatic heterocycles. The molecule has 0 aliphatic carbocycles. The van der Waals surface area contributed by atoms with Crippen LogP contribution in [0.25, 0.3) is 11.5 Å². The zero-order chi connectivity index (χ0) is 14.1. The van der Waals surface area contributed by atoms with Crippen LogP contribution in [0.2, 0.25) is 0 Å². The molecule has 20 heavy (non-hydrogen) atoms. The van der Waals surface area contributed by atoms with Crippen LogP contribution >= 0.6 is 0 Å². The van der Waals surface area contributed by atoms with Crippen molar-refractivity contribution < 1.29 is 13.7 Å². The van der Waals surface area contributed by atoms with Gasteiger partial charge in [0, 0.05) is 6.07 Å². The Bertz CT molecular complexity index is 720. The lowest BCUT2D eigenvalue weighted by molar-refractivity contribution is 0.102. The normalized spacial score (nSPS) is 10.7. The van der Waals surface area contributed by atoms with Gasteiger partial charge in [-0.2, -0.15) is 5.10 Å². The molecule has 0 unspecified atom stereocenters. The van der Waals surface area contributed by atoms with Gasteiger partial charge in [-0.3, -0.25) is 9.89 Å². The third kappa shape index (κ3) is 2.09. The smallest absolute Gasteiger partial charge is 0.276 e. The van der Waals surface area contributed by atoms with E-state index in [1.807, 2.05) is 0 Å². The van der Waals surface area contributed by atoms with Gasteiger partial charge in [0.05, 0.1) is 6.26 Å². The number of H-pyrrole nitrogens is 1. The average molecular weight is 272 g/mol. The SMILES string of the molecule is Cc1noc(C)c1NC(=O)c1cc(-c2ccco2)[nH]n1. The van der Waals surface area contributed by atoms with Crippen molar-refractivity contribution in [3.63, 3.8) is 0 Å². The van der Waals surface area contributed by atoms with Crippen molar-refractivity contribution in [3.8, 4) is 11.5 Å². The molecule has 3 aromatic rings. The second-order valence-electron chi connectivity index (χ2n) is 4.30. The van der Waals surface area contributed by atoms with Crippen LogP contribution in [0.15, 0.2) is 33.4 Å². The van der Waals surface area contributed by atoms with Crippen molar-refractivity contribution >= 4 is 11.6 Å². The molecule has 7 heteroatoms. The van der Waals surface area contributed by atoms with Crippen LogP contribution in [0.3, 0.4) is 0 Å². The van der Waals surface area contributed by atoms with Crippen LogP contribution in [-0.2, 0) is 0 Å². The summed E-state index contributed by atoms with van der Waals surface area (Å²) in [7, 11) is 0. The number of carbonyl (C=O) groups is 1. The van der Waals surface area contributed by atoms with Gasteiger partial charge in [0.1, 0.15) is 17.1 Å². The Balaban J connectivity index is 1.82. The van der Waals surface area contributed by atoms with Gasteiger partial charge in [-0.1, -0.05) is 5.16 Å². The number of amides is 1. The molecule has 0 saturated heterocycles. The van der Waals surface area contributed by atoms with Gasteiger partial charge in [0.2, 0.25) is 0 Å². The lowest BCUT2D eigenvalue weighted by atomic mass is 10.2. The molecule has 0 aliphatic rings. The van der Waals surface area contributed by atoms with Crippen LogP contribution in [0.4, 0.5) is 5.69 Å². The number of nitrogens with zero attached hydrogens (tertiary/aromatic N) is 2. The highest BCUT2D eigenvalue weighted by molar-refractivity contribution is 6.03. The molecule has 0 aliphatic heterocycles. The van der Waals surface area contributed by atoms with E-state index in [1.165, 1.54) is 0 Å². The van der Waals surface area contributed by atoms with Crippen LogP contribution in [0.5, 0.6) is 0 Å². The summed E-state index contributed by atoms with van der Waals surface area (Å²) in [5, 5.41) is 13.2. The fraction of sp³-hybridized carbons (Fsp3) is 0.154. The van der Waals surface area contributed by atoms with E-state index in [9.17, 15) is 4.79 Å². The summed E-state index contributed by atoms with van der Waals surface area (Å²) in [6.07, 6.45) is 1.56. The first-order valence-electron chi connectivity index (χ1n) is 5.98. The highest BCUT2D eigenvalue weighted by atomic mass is 16.5. The zero-order valence-corrected chi connectivity index (χ0v) is 10.9. The average Bonchev–Trinajstić information content (AvgIpc) is 3.14. The number of hydrogen-bond donors (Lipinski definition) is 2. The van der Waals surface area contributed by atoms with E-state index in [1.54, 1.807) is 38.3 Å². The van der Waals surface area contributed by atoms with Gasteiger partial charge >= 0.3 is 0 Å². The van der Waals surface area contributed by atoms with E-state index in [0.717, 1.165) is 0 Å². The Morgan fingerprint density at radius 1 is 1.40 bits per heavy atom. The van der Waals surface area contributed by atoms with Crippen molar-refractivity contribution in [2.75, 3.05) is 5.32 Å². The number of furan rings is 1. The summed E-state index contributed by atoms with van der Waals surface area (Å²) < 4.78 is 10.2. The van der Waals surface area contributed by atoms with E-state index in [-0.39, 0.29) is 11.6 Å². The number of aryl methyl sites for hydroxylation is 2. The maximum Gasteiger partial charge on any atom is 0.276 e. The molecule has 0 spiro atoms. The van der Waals surface area contributed by atoms with E-state index in [0.29, 0.717) is 28.6 Å². The lowest BCUT2D eigenvalue weighted by Crippen LogP contribution is -2.13. The maximum atomic E-state index is 12.1. The second-order valence-corrected chi connectivity index (χ2v) is 4.30. The minimum Gasteiger partial charge on any atom is -0.463 e. The number of aromatic nitrogens is 3. The third-order valence-electron chi connectivity index (χ3n) is 2.87.